The van der Waals surface area contributed by atoms with Gasteiger partial charge in [0.25, 0.3) is 5.22 Å². The molecule has 0 fully saturated rings. The van der Waals surface area contributed by atoms with Gasteiger partial charge in [0.05, 0.1) is 31.0 Å². The van der Waals surface area contributed by atoms with E-state index < -0.39 is 0 Å². The molecule has 36 heavy (non-hydrogen) atoms. The van der Waals surface area contributed by atoms with Gasteiger partial charge in [0, 0.05) is 22.9 Å². The van der Waals surface area contributed by atoms with Crippen LogP contribution in [0.4, 0.5) is 5.69 Å². The van der Waals surface area contributed by atoms with E-state index in [9.17, 15) is 4.79 Å². The van der Waals surface area contributed by atoms with Crippen molar-refractivity contribution in [2.45, 2.75) is 12.1 Å². The first-order valence-electron chi connectivity index (χ1n) is 11.1. The van der Waals surface area contributed by atoms with Crippen molar-refractivity contribution in [2.75, 3.05) is 25.3 Å². The number of H-pyrrole nitrogens is 1. The molecule has 0 aliphatic rings. The number of benzene rings is 3. The largest absolute Gasteiger partial charge is 0.493 e. The first kappa shape index (κ1) is 23.4. The molecule has 5 rings (SSSR count). The summed E-state index contributed by atoms with van der Waals surface area (Å²) in [7, 11) is 3.10. The molecule has 10 heteroatoms. The van der Waals surface area contributed by atoms with Crippen molar-refractivity contribution < 1.29 is 18.7 Å². The summed E-state index contributed by atoms with van der Waals surface area (Å²) < 4.78 is 16.2. The SMILES string of the molecule is COc1ccc(NC(=O)CSc2nnc(-c3ccc(-c4nc5ccc(C)cc5[nH]4)cc3)o2)cc1OC. The number of aromatic nitrogens is 4. The molecule has 0 radical (unpaired) electrons. The van der Waals surface area contributed by atoms with Gasteiger partial charge in [0.2, 0.25) is 11.8 Å². The highest BCUT2D eigenvalue weighted by molar-refractivity contribution is 7.99. The standard InChI is InChI=1S/C26H23N5O4S/c1-15-4-10-19-20(12-15)29-24(28-19)16-5-7-17(8-6-16)25-30-31-26(35-25)36-14-23(32)27-18-9-11-21(33-2)22(13-18)34-3/h4-13H,14H2,1-3H3,(H,27,32)(H,28,29). The summed E-state index contributed by atoms with van der Waals surface area (Å²) in [6, 6.07) is 19.0. The number of anilines is 1. The van der Waals surface area contributed by atoms with Gasteiger partial charge < -0.3 is 24.2 Å². The number of ether oxygens (including phenoxy) is 2. The summed E-state index contributed by atoms with van der Waals surface area (Å²) >= 11 is 1.16. The van der Waals surface area contributed by atoms with E-state index in [0.29, 0.717) is 28.3 Å². The van der Waals surface area contributed by atoms with Crippen LogP contribution in [0.15, 0.2) is 70.3 Å². The van der Waals surface area contributed by atoms with E-state index in [0.717, 1.165) is 39.7 Å². The molecule has 0 atom stereocenters. The van der Waals surface area contributed by atoms with E-state index in [2.05, 4.69) is 38.5 Å². The molecule has 0 saturated carbocycles. The number of hydrogen-bond acceptors (Lipinski definition) is 8. The Kier molecular flexibility index (Phi) is 6.59. The number of thioether (sulfide) groups is 1. The van der Waals surface area contributed by atoms with Crippen LogP contribution in [-0.2, 0) is 4.79 Å². The van der Waals surface area contributed by atoms with Gasteiger partial charge in [-0.2, -0.15) is 0 Å². The number of amides is 1. The fourth-order valence-corrected chi connectivity index (χ4v) is 4.22. The summed E-state index contributed by atoms with van der Waals surface area (Å²) in [4.78, 5) is 20.4. The van der Waals surface area contributed by atoms with Gasteiger partial charge in [-0.3, -0.25) is 4.79 Å². The summed E-state index contributed by atoms with van der Waals surface area (Å²) in [5, 5.41) is 11.3. The number of hydrogen-bond donors (Lipinski definition) is 2. The topological polar surface area (TPSA) is 115 Å². The number of carbonyl (C=O) groups excluding carboxylic acids is 1. The van der Waals surface area contributed by atoms with Crippen LogP contribution in [0.3, 0.4) is 0 Å². The Labute approximate surface area is 211 Å². The molecular formula is C26H23N5O4S. The van der Waals surface area contributed by atoms with E-state index in [1.54, 1.807) is 32.4 Å². The van der Waals surface area contributed by atoms with Crippen LogP contribution in [0.25, 0.3) is 33.9 Å². The second-order valence-electron chi connectivity index (χ2n) is 7.96. The molecule has 0 bridgehead atoms. The highest BCUT2D eigenvalue weighted by Crippen LogP contribution is 2.30. The Morgan fingerprint density at radius 3 is 2.53 bits per heavy atom. The molecule has 9 nitrogen and oxygen atoms in total. The molecule has 3 aromatic carbocycles. The van der Waals surface area contributed by atoms with Gasteiger partial charge in [0.1, 0.15) is 5.82 Å². The highest BCUT2D eigenvalue weighted by Gasteiger charge is 2.13. The molecule has 5 aromatic rings. The molecule has 0 saturated heterocycles. The number of rotatable bonds is 8. The summed E-state index contributed by atoms with van der Waals surface area (Å²) in [5.41, 5.74) is 5.44. The number of methoxy groups -OCH3 is 2. The van der Waals surface area contributed by atoms with Gasteiger partial charge in [-0.15, -0.1) is 10.2 Å². The Bertz CT molecular complexity index is 1530. The van der Waals surface area contributed by atoms with Gasteiger partial charge in [0.15, 0.2) is 11.5 Å². The quantitative estimate of drug-likeness (QED) is 0.274. The Balaban J connectivity index is 1.21. The normalized spacial score (nSPS) is 11.0. The Hall–Kier alpha value is -4.31. The zero-order valence-corrected chi connectivity index (χ0v) is 20.7. The molecular weight excluding hydrogens is 478 g/mol. The lowest BCUT2D eigenvalue weighted by Crippen LogP contribution is -2.14. The van der Waals surface area contributed by atoms with Crippen LogP contribution in [-0.4, -0.2) is 46.0 Å². The lowest BCUT2D eigenvalue weighted by Gasteiger charge is -2.10. The van der Waals surface area contributed by atoms with Crippen LogP contribution in [0.2, 0.25) is 0 Å². The molecule has 2 heterocycles. The number of aryl methyl sites for hydroxylation is 1. The number of nitrogens with zero attached hydrogens (tertiary/aromatic N) is 3. The number of nitrogens with one attached hydrogen (secondary N) is 2. The first-order chi connectivity index (χ1) is 17.5. The van der Waals surface area contributed by atoms with Gasteiger partial charge in [-0.25, -0.2) is 4.98 Å². The maximum atomic E-state index is 12.4. The smallest absolute Gasteiger partial charge is 0.277 e. The average Bonchev–Trinajstić information content (AvgIpc) is 3.54. The number of imidazole rings is 1. The second-order valence-corrected chi connectivity index (χ2v) is 8.89. The summed E-state index contributed by atoms with van der Waals surface area (Å²) in [6.45, 7) is 2.05. The highest BCUT2D eigenvalue weighted by atomic mass is 32.2. The Morgan fingerprint density at radius 1 is 0.972 bits per heavy atom. The minimum absolute atomic E-state index is 0.112. The predicted octanol–water partition coefficient (Wildman–Crippen LogP) is 5.34. The third-order valence-corrected chi connectivity index (χ3v) is 6.26. The summed E-state index contributed by atoms with van der Waals surface area (Å²) in [6.07, 6.45) is 0. The van der Waals surface area contributed by atoms with E-state index >= 15 is 0 Å². The first-order valence-corrected chi connectivity index (χ1v) is 12.1. The van der Waals surface area contributed by atoms with E-state index in [4.69, 9.17) is 13.9 Å². The maximum absolute atomic E-state index is 12.4. The predicted molar refractivity (Wildman–Crippen MR) is 138 cm³/mol. The number of aromatic amines is 1. The van der Waals surface area contributed by atoms with Crippen molar-refractivity contribution in [1.82, 2.24) is 20.2 Å². The average molecular weight is 502 g/mol. The van der Waals surface area contributed by atoms with Crippen molar-refractivity contribution in [3.05, 3.63) is 66.2 Å². The van der Waals surface area contributed by atoms with Crippen LogP contribution in [0, 0.1) is 6.92 Å². The van der Waals surface area contributed by atoms with Gasteiger partial charge >= 0.3 is 0 Å². The minimum Gasteiger partial charge on any atom is -0.493 e. The monoisotopic (exact) mass is 501 g/mol. The van der Waals surface area contributed by atoms with Gasteiger partial charge in [-0.05, 0) is 48.9 Å². The van der Waals surface area contributed by atoms with Crippen LogP contribution >= 0.6 is 11.8 Å². The molecule has 0 spiro atoms. The zero-order chi connectivity index (χ0) is 25.1. The fraction of sp³-hybridized carbons (Fsp3) is 0.154. The van der Waals surface area contributed by atoms with Crippen molar-refractivity contribution in [3.63, 3.8) is 0 Å². The molecule has 2 aromatic heterocycles. The van der Waals surface area contributed by atoms with Crippen molar-refractivity contribution >= 4 is 34.4 Å². The van der Waals surface area contributed by atoms with Crippen molar-refractivity contribution in [1.29, 1.82) is 0 Å². The van der Waals surface area contributed by atoms with Crippen LogP contribution in [0.5, 0.6) is 11.5 Å². The van der Waals surface area contributed by atoms with Gasteiger partial charge in [-0.1, -0.05) is 30.0 Å². The summed E-state index contributed by atoms with van der Waals surface area (Å²) in [5.74, 6) is 2.20. The molecule has 0 unspecified atom stereocenters. The molecule has 0 aliphatic heterocycles. The van der Waals surface area contributed by atoms with Crippen molar-refractivity contribution in [3.8, 4) is 34.3 Å². The lowest BCUT2D eigenvalue weighted by atomic mass is 10.1. The van der Waals surface area contributed by atoms with E-state index in [1.807, 2.05) is 36.4 Å². The van der Waals surface area contributed by atoms with Crippen molar-refractivity contribution in [2.24, 2.45) is 0 Å². The molecule has 1 amide bonds. The lowest BCUT2D eigenvalue weighted by molar-refractivity contribution is -0.113. The zero-order valence-electron chi connectivity index (χ0n) is 19.9. The van der Waals surface area contributed by atoms with E-state index in [1.165, 1.54) is 5.56 Å². The molecule has 0 aliphatic carbocycles. The number of carbonyl (C=O) groups is 1. The van der Waals surface area contributed by atoms with Crippen LogP contribution < -0.4 is 14.8 Å². The third kappa shape index (κ3) is 5.03. The molecule has 182 valence electrons. The van der Waals surface area contributed by atoms with Crippen LogP contribution in [0.1, 0.15) is 5.56 Å². The van der Waals surface area contributed by atoms with E-state index in [-0.39, 0.29) is 11.7 Å². The third-order valence-electron chi connectivity index (χ3n) is 5.44. The fourth-order valence-electron chi connectivity index (χ4n) is 3.65. The minimum atomic E-state index is -0.211. The maximum Gasteiger partial charge on any atom is 0.277 e. The number of fused-ring (bicyclic) bond motifs is 1. The molecule has 2 N–H and O–H groups in total. The Morgan fingerprint density at radius 2 is 1.75 bits per heavy atom. The second kappa shape index (κ2) is 10.1.